The molecule has 7 heteroatoms. The van der Waals surface area contributed by atoms with E-state index in [1.54, 1.807) is 31.2 Å². The monoisotopic (exact) mass is 281 g/mol. The minimum absolute atomic E-state index is 0.0400. The fourth-order valence-electron chi connectivity index (χ4n) is 1.56. The Labute approximate surface area is 114 Å². The quantitative estimate of drug-likeness (QED) is 0.798. The summed E-state index contributed by atoms with van der Waals surface area (Å²) in [5.74, 6) is -0.670. The largest absolute Gasteiger partial charge is 0.460 e. The molecule has 1 aromatic carbocycles. The second-order valence-electron chi connectivity index (χ2n) is 3.77. The molecule has 100 valence electrons. The number of hydrogen-bond donors (Lipinski definition) is 0. The van der Waals surface area contributed by atoms with Gasteiger partial charge in [-0.05, 0) is 31.2 Å². The fourth-order valence-corrected chi connectivity index (χ4v) is 1.69. The molecule has 0 saturated heterocycles. The summed E-state index contributed by atoms with van der Waals surface area (Å²) in [6, 6.07) is 6.57. The van der Waals surface area contributed by atoms with E-state index in [2.05, 4.69) is 5.10 Å². The summed E-state index contributed by atoms with van der Waals surface area (Å²) in [5.41, 5.74) is 0.103. The molecule has 0 amide bonds. The van der Waals surface area contributed by atoms with Crippen LogP contribution in [-0.4, -0.2) is 26.9 Å². The molecule has 0 radical (unpaired) electrons. The number of hydrogen-bond acceptors (Lipinski definition) is 4. The number of ether oxygens (including phenoxy) is 1. The Bertz CT molecular complexity index is 658. The molecule has 0 saturated carbocycles. The van der Waals surface area contributed by atoms with Crippen molar-refractivity contribution in [2.24, 2.45) is 7.05 Å². The van der Waals surface area contributed by atoms with Crippen molar-refractivity contribution >= 4 is 17.6 Å². The standard InChI is InChI=1S/C12H12ClN3O3/c1-3-19-11(17)10-14-16(12(18)15(10)2)9-6-4-8(13)5-7-9/h4-7H,3H2,1-2H3. The summed E-state index contributed by atoms with van der Waals surface area (Å²) in [5, 5.41) is 4.53. The average Bonchev–Trinajstić information content (AvgIpc) is 2.68. The van der Waals surface area contributed by atoms with Crippen LogP contribution in [0.5, 0.6) is 0 Å². The third-order valence-electron chi connectivity index (χ3n) is 2.51. The molecule has 0 fully saturated rings. The molecule has 0 aliphatic carbocycles. The topological polar surface area (TPSA) is 66.1 Å². The minimum atomic E-state index is -0.630. The van der Waals surface area contributed by atoms with Gasteiger partial charge in [-0.2, -0.15) is 4.68 Å². The van der Waals surface area contributed by atoms with Crippen molar-refractivity contribution in [1.29, 1.82) is 0 Å². The number of halogens is 1. The van der Waals surface area contributed by atoms with Crippen LogP contribution in [0.3, 0.4) is 0 Å². The fraction of sp³-hybridized carbons (Fsp3) is 0.250. The molecule has 0 unspecified atom stereocenters. The van der Waals surface area contributed by atoms with Crippen LogP contribution < -0.4 is 5.69 Å². The van der Waals surface area contributed by atoms with E-state index in [0.29, 0.717) is 10.7 Å². The van der Waals surface area contributed by atoms with Gasteiger partial charge in [0.25, 0.3) is 0 Å². The van der Waals surface area contributed by atoms with E-state index >= 15 is 0 Å². The molecule has 2 rings (SSSR count). The summed E-state index contributed by atoms with van der Waals surface area (Å²) in [6.07, 6.45) is 0. The number of rotatable bonds is 3. The maximum absolute atomic E-state index is 12.0. The van der Waals surface area contributed by atoms with Crippen LogP contribution in [0.25, 0.3) is 5.69 Å². The van der Waals surface area contributed by atoms with Gasteiger partial charge in [0.05, 0.1) is 12.3 Å². The number of benzene rings is 1. The van der Waals surface area contributed by atoms with Crippen LogP contribution in [0, 0.1) is 0 Å². The summed E-state index contributed by atoms with van der Waals surface area (Å²) < 4.78 is 7.11. The van der Waals surface area contributed by atoms with Crippen molar-refractivity contribution in [3.8, 4) is 5.69 Å². The van der Waals surface area contributed by atoms with Crippen molar-refractivity contribution < 1.29 is 9.53 Å². The molecule has 1 aromatic heterocycles. The second kappa shape index (κ2) is 5.27. The molecule has 0 N–H and O–H groups in total. The lowest BCUT2D eigenvalue weighted by Crippen LogP contribution is -2.23. The maximum Gasteiger partial charge on any atom is 0.376 e. The smallest absolute Gasteiger partial charge is 0.376 e. The SMILES string of the molecule is CCOC(=O)c1nn(-c2ccc(Cl)cc2)c(=O)n1C. The number of aromatic nitrogens is 3. The number of carbonyl (C=O) groups is 1. The Morgan fingerprint density at radius 2 is 2.00 bits per heavy atom. The molecule has 0 aliphatic heterocycles. The maximum atomic E-state index is 12.0. The van der Waals surface area contributed by atoms with E-state index in [4.69, 9.17) is 16.3 Å². The summed E-state index contributed by atoms with van der Waals surface area (Å²) in [4.78, 5) is 23.6. The highest BCUT2D eigenvalue weighted by Crippen LogP contribution is 2.11. The summed E-state index contributed by atoms with van der Waals surface area (Å²) in [7, 11) is 1.47. The van der Waals surface area contributed by atoms with Gasteiger partial charge in [-0.15, -0.1) is 5.10 Å². The van der Waals surface area contributed by atoms with Crippen molar-refractivity contribution in [2.75, 3.05) is 6.61 Å². The molecular weight excluding hydrogens is 270 g/mol. The van der Waals surface area contributed by atoms with Gasteiger partial charge in [-0.25, -0.2) is 9.59 Å². The molecular formula is C12H12ClN3O3. The van der Waals surface area contributed by atoms with E-state index in [0.717, 1.165) is 9.25 Å². The Morgan fingerprint density at radius 3 is 2.58 bits per heavy atom. The van der Waals surface area contributed by atoms with E-state index in [-0.39, 0.29) is 12.4 Å². The molecule has 0 spiro atoms. The van der Waals surface area contributed by atoms with Crippen LogP contribution in [0.15, 0.2) is 29.1 Å². The Balaban J connectivity index is 2.49. The molecule has 19 heavy (non-hydrogen) atoms. The van der Waals surface area contributed by atoms with Gasteiger partial charge in [0, 0.05) is 12.1 Å². The van der Waals surface area contributed by atoms with Gasteiger partial charge in [0.1, 0.15) is 0 Å². The Hall–Kier alpha value is -2.08. The zero-order valence-corrected chi connectivity index (χ0v) is 11.2. The molecule has 0 aliphatic rings. The van der Waals surface area contributed by atoms with Crippen LogP contribution in [0.1, 0.15) is 17.5 Å². The van der Waals surface area contributed by atoms with E-state index in [9.17, 15) is 9.59 Å². The molecule has 1 heterocycles. The van der Waals surface area contributed by atoms with Gasteiger partial charge in [0.2, 0.25) is 5.82 Å². The van der Waals surface area contributed by atoms with Crippen LogP contribution >= 0.6 is 11.6 Å². The van der Waals surface area contributed by atoms with Crippen LogP contribution in [-0.2, 0) is 11.8 Å². The lowest BCUT2D eigenvalue weighted by Gasteiger charge is -1.99. The van der Waals surface area contributed by atoms with Gasteiger partial charge in [0.15, 0.2) is 0 Å². The first kappa shape index (κ1) is 13.4. The molecule has 2 aromatic rings. The average molecular weight is 282 g/mol. The van der Waals surface area contributed by atoms with Gasteiger partial charge >= 0.3 is 11.7 Å². The lowest BCUT2D eigenvalue weighted by molar-refractivity contribution is 0.0506. The first-order valence-electron chi connectivity index (χ1n) is 5.63. The zero-order valence-electron chi connectivity index (χ0n) is 10.5. The predicted molar refractivity (Wildman–Crippen MR) is 69.8 cm³/mol. The van der Waals surface area contributed by atoms with E-state index in [1.165, 1.54) is 7.05 Å². The van der Waals surface area contributed by atoms with Crippen molar-refractivity contribution in [2.45, 2.75) is 6.92 Å². The minimum Gasteiger partial charge on any atom is -0.460 e. The molecule has 0 bridgehead atoms. The van der Waals surface area contributed by atoms with Crippen LogP contribution in [0.2, 0.25) is 5.02 Å². The van der Waals surface area contributed by atoms with Crippen molar-refractivity contribution in [1.82, 2.24) is 14.3 Å². The first-order chi connectivity index (χ1) is 9.04. The predicted octanol–water partition coefficient (Wildman–Crippen LogP) is 1.40. The summed E-state index contributed by atoms with van der Waals surface area (Å²) >= 11 is 5.78. The highest BCUT2D eigenvalue weighted by molar-refractivity contribution is 6.30. The Kier molecular flexibility index (Phi) is 3.71. The first-order valence-corrected chi connectivity index (χ1v) is 6.01. The van der Waals surface area contributed by atoms with Gasteiger partial charge in [-0.1, -0.05) is 11.6 Å². The van der Waals surface area contributed by atoms with Gasteiger partial charge in [-0.3, -0.25) is 4.57 Å². The second-order valence-corrected chi connectivity index (χ2v) is 4.21. The van der Waals surface area contributed by atoms with E-state index in [1.807, 2.05) is 0 Å². The zero-order chi connectivity index (χ0) is 14.0. The normalized spacial score (nSPS) is 10.5. The van der Waals surface area contributed by atoms with E-state index < -0.39 is 11.7 Å². The van der Waals surface area contributed by atoms with Crippen molar-refractivity contribution in [3.05, 3.63) is 45.6 Å². The highest BCUT2D eigenvalue weighted by atomic mass is 35.5. The van der Waals surface area contributed by atoms with Crippen LogP contribution in [0.4, 0.5) is 0 Å². The highest BCUT2D eigenvalue weighted by Gasteiger charge is 2.19. The number of esters is 1. The Morgan fingerprint density at radius 1 is 1.37 bits per heavy atom. The number of nitrogens with zero attached hydrogens (tertiary/aromatic N) is 3. The summed E-state index contributed by atoms with van der Waals surface area (Å²) in [6.45, 7) is 1.91. The van der Waals surface area contributed by atoms with Crippen molar-refractivity contribution in [3.63, 3.8) is 0 Å². The molecule has 6 nitrogen and oxygen atoms in total. The third kappa shape index (κ3) is 2.53. The third-order valence-corrected chi connectivity index (χ3v) is 2.76. The molecule has 0 atom stereocenters. The van der Waals surface area contributed by atoms with Gasteiger partial charge < -0.3 is 4.74 Å². The number of carbonyl (C=O) groups excluding carboxylic acids is 1. The lowest BCUT2D eigenvalue weighted by atomic mass is 10.3.